The van der Waals surface area contributed by atoms with Gasteiger partial charge in [-0.3, -0.25) is 4.98 Å². The van der Waals surface area contributed by atoms with Crippen LogP contribution in [0.15, 0.2) is 24.5 Å². The second-order valence-corrected chi connectivity index (χ2v) is 4.85. The lowest BCUT2D eigenvalue weighted by molar-refractivity contribution is 0.583. The van der Waals surface area contributed by atoms with Crippen LogP contribution in [0, 0.1) is 0 Å². The fourth-order valence-electron chi connectivity index (χ4n) is 1.09. The van der Waals surface area contributed by atoms with E-state index in [1.54, 1.807) is 19.3 Å². The maximum Gasteiger partial charge on any atom is 0.211 e. The lowest BCUT2D eigenvalue weighted by atomic mass is 10.2. The number of hydrogen-bond acceptors (Lipinski definition) is 3. The van der Waals surface area contributed by atoms with E-state index in [0.29, 0.717) is 13.0 Å². The van der Waals surface area contributed by atoms with Crippen LogP contribution in [0.1, 0.15) is 12.5 Å². The number of nitrogens with one attached hydrogen (secondary N) is 1. The standard InChI is InChI=1S/C9H14N2O2S/c1-2-11-14(12,13)8-5-9-3-6-10-7-4-9/h3-4,6-7,11H,2,5,8H2,1H3. The Morgan fingerprint density at radius 3 is 2.57 bits per heavy atom. The van der Waals surface area contributed by atoms with Gasteiger partial charge < -0.3 is 0 Å². The number of pyridine rings is 1. The molecular formula is C9H14N2O2S. The molecule has 14 heavy (non-hydrogen) atoms. The highest BCUT2D eigenvalue weighted by Gasteiger charge is 2.07. The Morgan fingerprint density at radius 2 is 2.00 bits per heavy atom. The molecule has 4 nitrogen and oxygen atoms in total. The molecular weight excluding hydrogens is 200 g/mol. The van der Waals surface area contributed by atoms with Gasteiger partial charge in [-0.1, -0.05) is 6.92 Å². The zero-order valence-corrected chi connectivity index (χ0v) is 8.92. The van der Waals surface area contributed by atoms with Crippen molar-refractivity contribution in [2.45, 2.75) is 13.3 Å². The van der Waals surface area contributed by atoms with E-state index in [0.717, 1.165) is 5.56 Å². The maximum absolute atomic E-state index is 11.3. The molecule has 0 spiro atoms. The van der Waals surface area contributed by atoms with Crippen LogP contribution in [-0.4, -0.2) is 25.7 Å². The van der Waals surface area contributed by atoms with Gasteiger partial charge in [0.25, 0.3) is 0 Å². The summed E-state index contributed by atoms with van der Waals surface area (Å²) in [5, 5.41) is 0. The largest absolute Gasteiger partial charge is 0.265 e. The van der Waals surface area contributed by atoms with Crippen LogP contribution >= 0.6 is 0 Å². The van der Waals surface area contributed by atoms with Gasteiger partial charge in [-0.15, -0.1) is 0 Å². The Bertz CT molecular complexity index is 362. The number of nitrogens with zero attached hydrogens (tertiary/aromatic N) is 1. The molecule has 0 saturated heterocycles. The van der Waals surface area contributed by atoms with E-state index in [1.807, 2.05) is 12.1 Å². The molecule has 0 aliphatic carbocycles. The summed E-state index contributed by atoms with van der Waals surface area (Å²) in [6, 6.07) is 3.64. The van der Waals surface area contributed by atoms with Crippen molar-refractivity contribution in [3.63, 3.8) is 0 Å². The lowest BCUT2D eigenvalue weighted by Crippen LogP contribution is -2.26. The maximum atomic E-state index is 11.3. The number of aromatic nitrogens is 1. The van der Waals surface area contributed by atoms with Gasteiger partial charge in [-0.2, -0.15) is 0 Å². The Hall–Kier alpha value is -0.940. The Balaban J connectivity index is 2.49. The minimum absolute atomic E-state index is 0.130. The van der Waals surface area contributed by atoms with E-state index >= 15 is 0 Å². The van der Waals surface area contributed by atoms with Gasteiger partial charge >= 0.3 is 0 Å². The molecule has 78 valence electrons. The molecule has 0 atom stereocenters. The fraction of sp³-hybridized carbons (Fsp3) is 0.444. The molecule has 0 bridgehead atoms. The normalized spacial score (nSPS) is 11.5. The Morgan fingerprint density at radius 1 is 1.36 bits per heavy atom. The lowest BCUT2D eigenvalue weighted by Gasteiger charge is -2.03. The SMILES string of the molecule is CCNS(=O)(=O)CCc1ccncc1. The van der Waals surface area contributed by atoms with E-state index in [-0.39, 0.29) is 5.75 Å². The molecule has 1 heterocycles. The van der Waals surface area contributed by atoms with E-state index in [4.69, 9.17) is 0 Å². The predicted molar refractivity (Wildman–Crippen MR) is 55.4 cm³/mol. The molecule has 5 heteroatoms. The van der Waals surface area contributed by atoms with E-state index in [1.165, 1.54) is 0 Å². The summed E-state index contributed by atoms with van der Waals surface area (Å²) < 4.78 is 25.0. The zero-order valence-electron chi connectivity index (χ0n) is 8.10. The highest BCUT2D eigenvalue weighted by molar-refractivity contribution is 7.89. The first-order chi connectivity index (χ1) is 6.64. The van der Waals surface area contributed by atoms with Crippen LogP contribution in [0.25, 0.3) is 0 Å². The minimum atomic E-state index is -3.10. The number of sulfonamides is 1. The van der Waals surface area contributed by atoms with Gasteiger partial charge in [0.1, 0.15) is 0 Å². The van der Waals surface area contributed by atoms with E-state index in [2.05, 4.69) is 9.71 Å². The van der Waals surface area contributed by atoms with Crippen molar-refractivity contribution in [1.29, 1.82) is 0 Å². The molecule has 0 amide bonds. The number of hydrogen-bond donors (Lipinski definition) is 1. The number of aryl methyl sites for hydroxylation is 1. The third-order valence-electron chi connectivity index (χ3n) is 1.77. The average molecular weight is 214 g/mol. The molecule has 0 fully saturated rings. The van der Waals surface area contributed by atoms with Crippen LogP contribution in [0.3, 0.4) is 0 Å². The molecule has 1 rings (SSSR count). The van der Waals surface area contributed by atoms with Crippen LogP contribution in [0.2, 0.25) is 0 Å². The summed E-state index contributed by atoms with van der Waals surface area (Å²) >= 11 is 0. The summed E-state index contributed by atoms with van der Waals surface area (Å²) in [7, 11) is -3.10. The van der Waals surface area contributed by atoms with Gasteiger partial charge in [0.15, 0.2) is 0 Å². The summed E-state index contributed by atoms with van der Waals surface area (Å²) in [6.07, 6.45) is 3.85. The molecule has 0 aromatic carbocycles. The third-order valence-corrected chi connectivity index (χ3v) is 3.24. The summed E-state index contributed by atoms with van der Waals surface area (Å²) in [4.78, 5) is 3.86. The van der Waals surface area contributed by atoms with Crippen LogP contribution in [-0.2, 0) is 16.4 Å². The third kappa shape index (κ3) is 3.85. The average Bonchev–Trinajstić information content (AvgIpc) is 2.17. The molecule has 0 aliphatic rings. The summed E-state index contributed by atoms with van der Waals surface area (Å²) in [5.41, 5.74) is 0.987. The zero-order chi connectivity index (χ0) is 10.4. The first-order valence-corrected chi connectivity index (χ1v) is 6.15. The number of rotatable bonds is 5. The summed E-state index contributed by atoms with van der Waals surface area (Å²) in [5.74, 6) is 0.130. The van der Waals surface area contributed by atoms with Gasteiger partial charge in [-0.25, -0.2) is 13.1 Å². The fourth-order valence-corrected chi connectivity index (χ4v) is 2.18. The molecule has 1 N–H and O–H groups in total. The smallest absolute Gasteiger partial charge is 0.211 e. The van der Waals surface area contributed by atoms with E-state index in [9.17, 15) is 8.42 Å². The van der Waals surface area contributed by atoms with Crippen LogP contribution in [0.5, 0.6) is 0 Å². The first-order valence-electron chi connectivity index (χ1n) is 4.50. The molecule has 1 aromatic heterocycles. The molecule has 0 saturated carbocycles. The van der Waals surface area contributed by atoms with Crippen molar-refractivity contribution >= 4 is 10.0 Å². The Labute approximate surface area is 84.4 Å². The molecule has 1 aromatic rings. The van der Waals surface area contributed by atoms with Crippen LogP contribution in [0.4, 0.5) is 0 Å². The van der Waals surface area contributed by atoms with Crippen LogP contribution < -0.4 is 4.72 Å². The van der Waals surface area contributed by atoms with Crippen molar-refractivity contribution in [2.24, 2.45) is 0 Å². The Kier molecular flexibility index (Phi) is 4.03. The second-order valence-electron chi connectivity index (χ2n) is 2.92. The van der Waals surface area contributed by atoms with E-state index < -0.39 is 10.0 Å². The van der Waals surface area contributed by atoms with Gasteiger partial charge in [0, 0.05) is 18.9 Å². The van der Waals surface area contributed by atoms with Gasteiger partial charge in [0.05, 0.1) is 5.75 Å². The minimum Gasteiger partial charge on any atom is -0.265 e. The van der Waals surface area contributed by atoms with Crippen molar-refractivity contribution in [2.75, 3.05) is 12.3 Å². The monoisotopic (exact) mass is 214 g/mol. The van der Waals surface area contributed by atoms with Crippen molar-refractivity contribution in [3.8, 4) is 0 Å². The van der Waals surface area contributed by atoms with Gasteiger partial charge in [-0.05, 0) is 24.1 Å². The molecule has 0 unspecified atom stereocenters. The van der Waals surface area contributed by atoms with Crippen molar-refractivity contribution in [3.05, 3.63) is 30.1 Å². The quantitative estimate of drug-likeness (QED) is 0.779. The molecule has 0 aliphatic heterocycles. The highest BCUT2D eigenvalue weighted by atomic mass is 32.2. The predicted octanol–water partition coefficient (Wildman–Crippen LogP) is 0.563. The summed E-state index contributed by atoms with van der Waals surface area (Å²) in [6.45, 7) is 2.21. The van der Waals surface area contributed by atoms with Crippen molar-refractivity contribution < 1.29 is 8.42 Å². The molecule has 0 radical (unpaired) electrons. The highest BCUT2D eigenvalue weighted by Crippen LogP contribution is 1.99. The van der Waals surface area contributed by atoms with Crippen molar-refractivity contribution in [1.82, 2.24) is 9.71 Å². The van der Waals surface area contributed by atoms with Gasteiger partial charge in [0.2, 0.25) is 10.0 Å². The first kappa shape index (κ1) is 11.1. The topological polar surface area (TPSA) is 59.1 Å². The second kappa shape index (κ2) is 5.07.